The Morgan fingerprint density at radius 2 is 1.81 bits per heavy atom. The lowest BCUT2D eigenvalue weighted by Gasteiger charge is -2.33. The van der Waals surface area contributed by atoms with Crippen molar-refractivity contribution in [2.45, 2.75) is 50.7 Å². The summed E-state index contributed by atoms with van der Waals surface area (Å²) in [4.78, 5) is 14.0. The van der Waals surface area contributed by atoms with Crippen molar-refractivity contribution in [3.8, 4) is 5.75 Å². The first-order valence-corrected chi connectivity index (χ1v) is 11.9. The second-order valence-electron chi connectivity index (χ2n) is 8.45. The highest BCUT2D eigenvalue weighted by Gasteiger charge is 2.32. The van der Waals surface area contributed by atoms with Crippen LogP contribution in [-0.4, -0.2) is 25.8 Å². The molecule has 1 amide bonds. The van der Waals surface area contributed by atoms with E-state index in [1.807, 2.05) is 13.8 Å². The molecule has 0 aromatic heterocycles. The van der Waals surface area contributed by atoms with E-state index in [1.54, 1.807) is 17.0 Å². The van der Waals surface area contributed by atoms with Gasteiger partial charge in [-0.1, -0.05) is 38.5 Å². The Balaban J connectivity index is 1.78. The fourth-order valence-electron chi connectivity index (χ4n) is 3.51. The van der Waals surface area contributed by atoms with Crippen LogP contribution in [0.5, 0.6) is 5.75 Å². The molecule has 9 heteroatoms. The van der Waals surface area contributed by atoms with Gasteiger partial charge >= 0.3 is 16.3 Å². The van der Waals surface area contributed by atoms with Gasteiger partial charge in [-0.25, -0.2) is 0 Å². The molecule has 0 atom stereocenters. The van der Waals surface area contributed by atoms with Crippen molar-refractivity contribution >= 4 is 16.0 Å². The molecule has 0 heterocycles. The van der Waals surface area contributed by atoms with Gasteiger partial charge in [0, 0.05) is 19.0 Å². The van der Waals surface area contributed by atoms with Gasteiger partial charge in [-0.15, -0.1) is 0 Å². The maximum Gasteiger partial charge on any atom is 0.416 e. The summed E-state index contributed by atoms with van der Waals surface area (Å²) in [6.45, 7) is 4.90. The third-order valence-corrected chi connectivity index (χ3v) is 6.52. The van der Waals surface area contributed by atoms with Crippen LogP contribution in [0.15, 0.2) is 53.4 Å². The second-order valence-corrected chi connectivity index (χ2v) is 10.00. The molecule has 5 nitrogen and oxygen atoms in total. The van der Waals surface area contributed by atoms with Gasteiger partial charge in [-0.3, -0.25) is 4.79 Å². The molecule has 32 heavy (non-hydrogen) atoms. The number of amides is 1. The maximum absolute atomic E-state index is 12.9. The highest BCUT2D eigenvalue weighted by molar-refractivity contribution is 7.87. The molecule has 1 aliphatic rings. The average molecular weight is 470 g/mol. The molecular formula is C23H26F3NO4S. The van der Waals surface area contributed by atoms with Crippen LogP contribution in [0.25, 0.3) is 0 Å². The van der Waals surface area contributed by atoms with Crippen molar-refractivity contribution in [2.24, 2.45) is 11.8 Å². The van der Waals surface area contributed by atoms with Crippen molar-refractivity contribution in [3.05, 3.63) is 59.7 Å². The summed E-state index contributed by atoms with van der Waals surface area (Å²) < 4.78 is 69.0. The van der Waals surface area contributed by atoms with Crippen molar-refractivity contribution in [3.63, 3.8) is 0 Å². The van der Waals surface area contributed by atoms with E-state index in [0.29, 0.717) is 24.7 Å². The minimum absolute atomic E-state index is 0.0273. The molecule has 0 unspecified atom stereocenters. The van der Waals surface area contributed by atoms with Gasteiger partial charge in [-0.2, -0.15) is 21.6 Å². The lowest BCUT2D eigenvalue weighted by molar-refractivity contribution is -0.139. The van der Waals surface area contributed by atoms with Crippen molar-refractivity contribution in [1.29, 1.82) is 0 Å². The molecule has 3 rings (SSSR count). The Bertz CT molecular complexity index is 1060. The summed E-state index contributed by atoms with van der Waals surface area (Å²) in [6.07, 6.45) is -1.86. The largest absolute Gasteiger partial charge is 0.416 e. The van der Waals surface area contributed by atoms with Gasteiger partial charge in [0.25, 0.3) is 0 Å². The number of carbonyl (C=O) groups is 1. The predicted molar refractivity (Wildman–Crippen MR) is 113 cm³/mol. The molecule has 1 fully saturated rings. The fourth-order valence-corrected chi connectivity index (χ4v) is 4.48. The predicted octanol–water partition coefficient (Wildman–Crippen LogP) is 5.26. The molecule has 1 saturated carbocycles. The standard InChI is InChI=1S/C23H26F3NO4S/c1-16(2)14-27(22(28)18-7-4-8-18)15-17-6-3-10-20(12-17)31-32(29,30)21-11-5-9-19(13-21)23(24,25)26/h3,5-6,9-13,16,18H,4,7-8,14-15H2,1-2H3. The lowest BCUT2D eigenvalue weighted by atomic mass is 9.84. The molecule has 0 N–H and O–H groups in total. The third kappa shape index (κ3) is 6.03. The van der Waals surface area contributed by atoms with Crippen LogP contribution >= 0.6 is 0 Å². The number of nitrogens with zero attached hydrogens (tertiary/aromatic N) is 1. The molecule has 0 radical (unpaired) electrons. The Labute approximate surface area is 186 Å². The zero-order valence-electron chi connectivity index (χ0n) is 17.9. The van der Waals surface area contributed by atoms with Crippen LogP contribution in [0.1, 0.15) is 44.2 Å². The topological polar surface area (TPSA) is 63.7 Å². The second kappa shape index (κ2) is 9.52. The van der Waals surface area contributed by atoms with Crippen LogP contribution < -0.4 is 4.18 Å². The minimum Gasteiger partial charge on any atom is -0.379 e. The first-order chi connectivity index (χ1) is 15.0. The van der Waals surface area contributed by atoms with Gasteiger partial charge in [0.15, 0.2) is 0 Å². The first kappa shape index (κ1) is 24.1. The molecule has 0 saturated heterocycles. The highest BCUT2D eigenvalue weighted by Crippen LogP contribution is 2.32. The number of carbonyl (C=O) groups excluding carboxylic acids is 1. The summed E-state index contributed by atoms with van der Waals surface area (Å²) in [5.41, 5.74) is -0.398. The molecule has 1 aliphatic carbocycles. The smallest absolute Gasteiger partial charge is 0.379 e. The monoisotopic (exact) mass is 469 g/mol. The zero-order chi connectivity index (χ0) is 23.5. The van der Waals surface area contributed by atoms with Gasteiger partial charge in [-0.05, 0) is 54.7 Å². The van der Waals surface area contributed by atoms with Gasteiger partial charge < -0.3 is 9.08 Å². The molecule has 2 aromatic carbocycles. The Kier molecular flexibility index (Phi) is 7.17. The molecule has 2 aromatic rings. The first-order valence-electron chi connectivity index (χ1n) is 10.4. The fraction of sp³-hybridized carbons (Fsp3) is 0.435. The van der Waals surface area contributed by atoms with Crippen LogP contribution in [-0.2, 0) is 27.6 Å². The van der Waals surface area contributed by atoms with E-state index < -0.39 is 26.8 Å². The van der Waals surface area contributed by atoms with E-state index in [4.69, 9.17) is 4.18 Å². The number of halogens is 3. The Hall–Kier alpha value is -2.55. The van der Waals surface area contributed by atoms with E-state index >= 15 is 0 Å². The van der Waals surface area contributed by atoms with E-state index in [-0.39, 0.29) is 23.5 Å². The number of rotatable bonds is 8. The average Bonchev–Trinajstić information content (AvgIpc) is 2.65. The SMILES string of the molecule is CC(C)CN(Cc1cccc(OS(=O)(=O)c2cccc(C(F)(F)F)c2)c1)C(=O)C1CCC1. The number of hydrogen-bond acceptors (Lipinski definition) is 4. The van der Waals surface area contributed by atoms with Gasteiger partial charge in [0.05, 0.1) is 5.56 Å². The molecule has 0 spiro atoms. The van der Waals surface area contributed by atoms with Crippen molar-refractivity contribution in [2.75, 3.05) is 6.54 Å². The van der Waals surface area contributed by atoms with Crippen LogP contribution in [0.4, 0.5) is 13.2 Å². The van der Waals surface area contributed by atoms with Gasteiger partial charge in [0.1, 0.15) is 10.6 Å². The molecule has 0 aliphatic heterocycles. The Morgan fingerprint density at radius 3 is 2.41 bits per heavy atom. The molecule has 174 valence electrons. The van der Waals surface area contributed by atoms with Crippen LogP contribution in [0.2, 0.25) is 0 Å². The summed E-state index contributed by atoms with van der Waals surface area (Å²) in [6, 6.07) is 9.66. The van der Waals surface area contributed by atoms with E-state index in [2.05, 4.69) is 0 Å². The lowest BCUT2D eigenvalue weighted by Crippen LogP contribution is -2.40. The molecular weight excluding hydrogens is 443 g/mol. The van der Waals surface area contributed by atoms with E-state index in [9.17, 15) is 26.4 Å². The summed E-state index contributed by atoms with van der Waals surface area (Å²) in [5.74, 6) is 0.363. The third-order valence-electron chi connectivity index (χ3n) is 5.28. The van der Waals surface area contributed by atoms with Gasteiger partial charge in [0.2, 0.25) is 5.91 Å². The number of alkyl halides is 3. The quantitative estimate of drug-likeness (QED) is 0.495. The number of benzene rings is 2. The van der Waals surface area contributed by atoms with E-state index in [1.165, 1.54) is 12.1 Å². The molecule has 0 bridgehead atoms. The van der Waals surface area contributed by atoms with Crippen molar-refractivity contribution in [1.82, 2.24) is 4.90 Å². The summed E-state index contributed by atoms with van der Waals surface area (Å²) in [5, 5.41) is 0. The summed E-state index contributed by atoms with van der Waals surface area (Å²) in [7, 11) is -4.47. The van der Waals surface area contributed by atoms with Crippen LogP contribution in [0, 0.1) is 11.8 Å². The normalized spacial score (nSPS) is 14.8. The Morgan fingerprint density at radius 1 is 1.12 bits per heavy atom. The minimum atomic E-state index is -4.67. The zero-order valence-corrected chi connectivity index (χ0v) is 18.7. The maximum atomic E-state index is 12.9. The highest BCUT2D eigenvalue weighted by atomic mass is 32.2. The van der Waals surface area contributed by atoms with Crippen molar-refractivity contribution < 1.29 is 30.6 Å². The van der Waals surface area contributed by atoms with Crippen LogP contribution in [0.3, 0.4) is 0 Å². The number of hydrogen-bond donors (Lipinski definition) is 0. The summed E-state index contributed by atoms with van der Waals surface area (Å²) >= 11 is 0. The van der Waals surface area contributed by atoms with E-state index in [0.717, 1.165) is 37.5 Å².